The van der Waals surface area contributed by atoms with E-state index in [1.807, 2.05) is 0 Å². The van der Waals surface area contributed by atoms with Gasteiger partial charge in [-0.1, -0.05) is 17.7 Å². The molecule has 5 rings (SSSR count). The minimum absolute atomic E-state index is 0.275. The third kappa shape index (κ3) is 4.90. The number of benzene rings is 2. The number of carbonyl (C=O) groups excluding carboxylic acids is 1. The maximum absolute atomic E-state index is 15.7. The number of carbonyl (C=O) groups is 1. The van der Waals surface area contributed by atoms with E-state index in [1.165, 1.54) is 24.1 Å². The Balaban J connectivity index is 1.67. The molecule has 1 fully saturated rings. The molecule has 3 aromatic rings. The summed E-state index contributed by atoms with van der Waals surface area (Å²) in [5.41, 5.74) is 3.29. The number of nitrogens with zero attached hydrogens (tertiary/aromatic N) is 1. The number of fused-ring (bicyclic) bond motifs is 3. The van der Waals surface area contributed by atoms with Crippen LogP contribution in [0.2, 0.25) is 0 Å². The summed E-state index contributed by atoms with van der Waals surface area (Å²) in [7, 11) is 1.28. The molecular formula is C28H29F4N3O2. The summed E-state index contributed by atoms with van der Waals surface area (Å²) in [6, 6.07) is 5.99. The lowest BCUT2D eigenvalue weighted by atomic mass is 9.87. The molecular weight excluding hydrogens is 486 g/mol. The minimum Gasteiger partial charge on any atom is -0.465 e. The second kappa shape index (κ2) is 9.61. The van der Waals surface area contributed by atoms with Crippen LogP contribution in [-0.4, -0.2) is 54.6 Å². The molecule has 3 heterocycles. The van der Waals surface area contributed by atoms with E-state index in [2.05, 4.69) is 10.3 Å². The van der Waals surface area contributed by atoms with E-state index < -0.39 is 42.2 Å². The van der Waals surface area contributed by atoms with Crippen LogP contribution in [0.25, 0.3) is 17.0 Å². The summed E-state index contributed by atoms with van der Waals surface area (Å²) in [6.07, 6.45) is 2.97. The van der Waals surface area contributed by atoms with Crippen LogP contribution in [0.5, 0.6) is 0 Å². The largest absolute Gasteiger partial charge is 0.465 e. The molecule has 0 radical (unpaired) electrons. The van der Waals surface area contributed by atoms with Crippen molar-refractivity contribution < 1.29 is 27.1 Å². The number of aromatic nitrogens is 1. The number of halogens is 4. The van der Waals surface area contributed by atoms with Gasteiger partial charge >= 0.3 is 5.97 Å². The maximum atomic E-state index is 15.7. The molecule has 2 aromatic carbocycles. The number of nitrogens with one attached hydrogen (secondary N) is 2. The monoisotopic (exact) mass is 515 g/mol. The van der Waals surface area contributed by atoms with Gasteiger partial charge in [0.15, 0.2) is 0 Å². The first-order valence-corrected chi connectivity index (χ1v) is 12.3. The first-order chi connectivity index (χ1) is 17.6. The number of aromatic amines is 1. The average molecular weight is 516 g/mol. The van der Waals surface area contributed by atoms with E-state index in [4.69, 9.17) is 4.74 Å². The number of rotatable bonds is 5. The molecule has 196 valence electrons. The summed E-state index contributed by atoms with van der Waals surface area (Å²) >= 11 is 0. The first-order valence-electron chi connectivity index (χ1n) is 12.3. The van der Waals surface area contributed by atoms with Crippen molar-refractivity contribution in [3.05, 3.63) is 75.5 Å². The number of alkyl halides is 2. The fraction of sp³-hybridized carbons (Fsp3) is 0.393. The van der Waals surface area contributed by atoms with Crippen LogP contribution in [0.1, 0.15) is 59.1 Å². The summed E-state index contributed by atoms with van der Waals surface area (Å²) in [5.74, 6) is -5.19. The molecule has 37 heavy (non-hydrogen) atoms. The lowest BCUT2D eigenvalue weighted by molar-refractivity contribution is -0.0374. The van der Waals surface area contributed by atoms with Crippen molar-refractivity contribution in [3.8, 4) is 0 Å². The van der Waals surface area contributed by atoms with Gasteiger partial charge in [-0.05, 0) is 61.7 Å². The molecule has 2 atom stereocenters. The summed E-state index contributed by atoms with van der Waals surface area (Å²) in [6.45, 7) is 3.40. The number of ether oxygens (including phenoxy) is 1. The second-order valence-electron chi connectivity index (χ2n) is 10.1. The van der Waals surface area contributed by atoms with Gasteiger partial charge in [0, 0.05) is 41.7 Å². The molecule has 0 unspecified atom stereocenters. The van der Waals surface area contributed by atoms with Gasteiger partial charge in [-0.25, -0.2) is 22.4 Å². The Morgan fingerprint density at radius 2 is 1.95 bits per heavy atom. The van der Waals surface area contributed by atoms with E-state index in [1.54, 1.807) is 31.2 Å². The number of esters is 1. The molecule has 9 heteroatoms. The van der Waals surface area contributed by atoms with Crippen molar-refractivity contribution in [2.45, 2.75) is 44.7 Å². The van der Waals surface area contributed by atoms with E-state index >= 15 is 8.78 Å². The van der Waals surface area contributed by atoms with Gasteiger partial charge in [0.05, 0.1) is 25.3 Å². The summed E-state index contributed by atoms with van der Waals surface area (Å²) in [4.78, 5) is 16.7. The molecule has 0 bridgehead atoms. The Morgan fingerprint density at radius 3 is 2.57 bits per heavy atom. The Morgan fingerprint density at radius 1 is 1.22 bits per heavy atom. The van der Waals surface area contributed by atoms with Gasteiger partial charge in [-0.3, -0.25) is 4.90 Å². The SMILES string of the molecule is COC(=O)c1ccc2c3c([nH]c2c1)[C@@H](c1c(F)cc(/C=C2/CCNC2)cc1F)N(CC(C)(F)F)[C@H](C)C3. The first kappa shape index (κ1) is 25.5. The zero-order valence-corrected chi connectivity index (χ0v) is 20.9. The van der Waals surface area contributed by atoms with Gasteiger partial charge in [0.2, 0.25) is 0 Å². The van der Waals surface area contributed by atoms with Crippen molar-refractivity contribution in [1.82, 2.24) is 15.2 Å². The highest BCUT2D eigenvalue weighted by Crippen LogP contribution is 2.43. The van der Waals surface area contributed by atoms with Crippen molar-refractivity contribution in [3.63, 3.8) is 0 Å². The molecule has 1 aromatic heterocycles. The summed E-state index contributed by atoms with van der Waals surface area (Å²) < 4.78 is 64.8. The van der Waals surface area contributed by atoms with E-state index in [0.29, 0.717) is 35.3 Å². The predicted octanol–water partition coefficient (Wildman–Crippen LogP) is 5.60. The zero-order chi connectivity index (χ0) is 26.5. The lowest BCUT2D eigenvalue weighted by Gasteiger charge is -2.42. The van der Waals surface area contributed by atoms with Crippen LogP contribution >= 0.6 is 0 Å². The molecule has 0 amide bonds. The quantitative estimate of drug-likeness (QED) is 0.343. The van der Waals surface area contributed by atoms with Crippen molar-refractivity contribution in [2.75, 3.05) is 26.7 Å². The minimum atomic E-state index is -3.08. The highest BCUT2D eigenvalue weighted by atomic mass is 19.3. The van der Waals surface area contributed by atoms with Gasteiger partial charge in [0.1, 0.15) is 11.6 Å². The third-order valence-corrected chi connectivity index (χ3v) is 7.21. The van der Waals surface area contributed by atoms with Crippen LogP contribution in [0.3, 0.4) is 0 Å². The average Bonchev–Trinajstić information content (AvgIpc) is 3.46. The number of hydrogen-bond acceptors (Lipinski definition) is 4. The van der Waals surface area contributed by atoms with Crippen LogP contribution in [-0.2, 0) is 11.2 Å². The molecule has 0 saturated carbocycles. The maximum Gasteiger partial charge on any atom is 0.337 e. The Labute approximate surface area is 212 Å². The van der Waals surface area contributed by atoms with Gasteiger partial charge in [0.25, 0.3) is 5.92 Å². The number of methoxy groups -OCH3 is 1. The fourth-order valence-corrected chi connectivity index (χ4v) is 5.58. The highest BCUT2D eigenvalue weighted by Gasteiger charge is 2.42. The summed E-state index contributed by atoms with van der Waals surface area (Å²) in [5, 5.41) is 3.97. The standard InChI is InChI=1S/C28H29F4N3O2/c1-15-8-20-19-5-4-18(27(36)37-3)12-23(19)34-25(20)26(35(15)14-28(2,31)32)24-21(29)10-17(11-22(24)30)9-16-6-7-33-13-16/h4-5,9-12,15,26,33-34H,6-8,13-14H2,1-3H3/b16-9-/t15-,26-/m1/s1. The van der Waals surface area contributed by atoms with E-state index in [-0.39, 0.29) is 5.56 Å². The molecule has 2 N–H and O–H groups in total. The van der Waals surface area contributed by atoms with Crippen molar-refractivity contribution in [1.29, 1.82) is 0 Å². The third-order valence-electron chi connectivity index (χ3n) is 7.21. The number of H-pyrrole nitrogens is 1. The van der Waals surface area contributed by atoms with Crippen molar-refractivity contribution in [2.24, 2.45) is 0 Å². The van der Waals surface area contributed by atoms with Gasteiger partial charge in [-0.15, -0.1) is 0 Å². The zero-order valence-electron chi connectivity index (χ0n) is 20.9. The highest BCUT2D eigenvalue weighted by molar-refractivity contribution is 5.96. The molecule has 2 aliphatic rings. The molecule has 5 nitrogen and oxygen atoms in total. The second-order valence-corrected chi connectivity index (χ2v) is 10.1. The molecule has 2 aliphatic heterocycles. The number of hydrogen-bond donors (Lipinski definition) is 2. The normalized spacial score (nSPS) is 21.5. The Bertz CT molecular complexity index is 1360. The van der Waals surface area contributed by atoms with Crippen LogP contribution in [0.15, 0.2) is 35.9 Å². The van der Waals surface area contributed by atoms with Crippen LogP contribution < -0.4 is 5.32 Å². The Kier molecular flexibility index (Phi) is 6.62. The van der Waals surface area contributed by atoms with Crippen molar-refractivity contribution >= 4 is 22.9 Å². The topological polar surface area (TPSA) is 57.4 Å². The van der Waals surface area contributed by atoms with E-state index in [9.17, 15) is 13.6 Å². The van der Waals surface area contributed by atoms with Gasteiger partial charge in [-0.2, -0.15) is 0 Å². The molecule has 0 aliphatic carbocycles. The Hall–Kier alpha value is -3.17. The van der Waals surface area contributed by atoms with E-state index in [0.717, 1.165) is 36.4 Å². The lowest BCUT2D eigenvalue weighted by Crippen LogP contribution is -2.47. The molecule has 0 spiro atoms. The molecule has 1 saturated heterocycles. The van der Waals surface area contributed by atoms with Gasteiger partial charge < -0.3 is 15.0 Å². The van der Waals surface area contributed by atoms with Crippen LogP contribution in [0.4, 0.5) is 17.6 Å². The fourth-order valence-electron chi connectivity index (χ4n) is 5.58. The smallest absolute Gasteiger partial charge is 0.337 e. The predicted molar refractivity (Wildman–Crippen MR) is 134 cm³/mol. The van der Waals surface area contributed by atoms with Crippen LogP contribution in [0, 0.1) is 11.6 Å².